The molecule has 0 heterocycles. The van der Waals surface area contributed by atoms with Gasteiger partial charge < -0.3 is 14.8 Å². The number of hydrogen-bond donors (Lipinski definition) is 1. The van der Waals surface area contributed by atoms with Crippen LogP contribution in [-0.4, -0.2) is 6.61 Å². The van der Waals surface area contributed by atoms with E-state index in [4.69, 9.17) is 14.7 Å². The van der Waals surface area contributed by atoms with Gasteiger partial charge in [-0.3, -0.25) is 0 Å². The van der Waals surface area contributed by atoms with Crippen molar-refractivity contribution in [3.8, 4) is 17.6 Å². The maximum absolute atomic E-state index is 13.9. The lowest BCUT2D eigenvalue weighted by Gasteiger charge is -2.16. The lowest BCUT2D eigenvalue weighted by atomic mass is 10.1. The van der Waals surface area contributed by atoms with Gasteiger partial charge in [0.2, 0.25) is 0 Å². The molecule has 0 radical (unpaired) electrons. The van der Waals surface area contributed by atoms with Gasteiger partial charge in [-0.25, -0.2) is 4.39 Å². The van der Waals surface area contributed by atoms with Gasteiger partial charge in [0.05, 0.1) is 22.7 Å². The molecule has 0 aromatic heterocycles. The van der Waals surface area contributed by atoms with Gasteiger partial charge in [-0.2, -0.15) is 5.26 Å². The average molecular weight is 455 g/mol. The average Bonchev–Trinajstić information content (AvgIpc) is 2.73. The van der Waals surface area contributed by atoms with Crippen LogP contribution in [0.15, 0.2) is 65.1 Å². The molecular weight excluding hydrogens is 435 g/mol. The molecule has 0 unspecified atom stereocenters. The molecule has 1 N–H and O–H groups in total. The summed E-state index contributed by atoms with van der Waals surface area (Å²) in [6.45, 7) is 3.05. The lowest BCUT2D eigenvalue weighted by Crippen LogP contribution is -2.04. The maximum atomic E-state index is 13.9. The van der Waals surface area contributed by atoms with Gasteiger partial charge in [0.1, 0.15) is 12.4 Å². The number of ether oxygens (including phenoxy) is 2. The highest BCUT2D eigenvalue weighted by Crippen LogP contribution is 2.37. The second-order valence-electron chi connectivity index (χ2n) is 6.26. The van der Waals surface area contributed by atoms with Gasteiger partial charge in [0.25, 0.3) is 0 Å². The van der Waals surface area contributed by atoms with E-state index in [1.807, 2.05) is 31.2 Å². The Morgan fingerprint density at radius 2 is 1.83 bits per heavy atom. The van der Waals surface area contributed by atoms with Crippen LogP contribution in [0.5, 0.6) is 11.5 Å². The van der Waals surface area contributed by atoms with E-state index >= 15 is 0 Å². The molecule has 148 valence electrons. The highest BCUT2D eigenvalue weighted by atomic mass is 79.9. The van der Waals surface area contributed by atoms with Crippen LogP contribution in [-0.2, 0) is 13.2 Å². The van der Waals surface area contributed by atoms with Gasteiger partial charge in [-0.05, 0) is 70.9 Å². The van der Waals surface area contributed by atoms with Crippen molar-refractivity contribution in [3.63, 3.8) is 0 Å². The number of halogens is 2. The van der Waals surface area contributed by atoms with Crippen LogP contribution >= 0.6 is 15.9 Å². The third kappa shape index (κ3) is 5.49. The second-order valence-corrected chi connectivity index (χ2v) is 7.12. The number of anilines is 1. The fraction of sp³-hybridized carbons (Fsp3) is 0.174. The minimum Gasteiger partial charge on any atom is -0.490 e. The van der Waals surface area contributed by atoms with Crippen molar-refractivity contribution in [3.05, 3.63) is 87.6 Å². The smallest absolute Gasteiger partial charge is 0.175 e. The van der Waals surface area contributed by atoms with E-state index in [9.17, 15) is 4.39 Å². The van der Waals surface area contributed by atoms with E-state index < -0.39 is 0 Å². The Morgan fingerprint density at radius 1 is 1.07 bits per heavy atom. The van der Waals surface area contributed by atoms with Crippen molar-refractivity contribution in [1.82, 2.24) is 0 Å². The first kappa shape index (κ1) is 20.7. The monoisotopic (exact) mass is 454 g/mol. The Hall–Kier alpha value is -3.04. The molecule has 0 fully saturated rings. The molecule has 0 aliphatic carbocycles. The van der Waals surface area contributed by atoms with E-state index in [2.05, 4.69) is 27.3 Å². The third-order valence-corrected chi connectivity index (χ3v) is 4.80. The summed E-state index contributed by atoms with van der Waals surface area (Å²) in [5, 5.41) is 12.2. The third-order valence-electron chi connectivity index (χ3n) is 4.21. The van der Waals surface area contributed by atoms with Crippen LogP contribution in [0.3, 0.4) is 0 Å². The Morgan fingerprint density at radius 3 is 2.52 bits per heavy atom. The van der Waals surface area contributed by atoms with E-state index in [1.165, 1.54) is 6.07 Å². The van der Waals surface area contributed by atoms with Crippen LogP contribution in [0.1, 0.15) is 23.6 Å². The van der Waals surface area contributed by atoms with Crippen LogP contribution < -0.4 is 14.8 Å². The Balaban J connectivity index is 1.74. The number of rotatable bonds is 8. The second kappa shape index (κ2) is 9.94. The Bertz CT molecular complexity index is 1020. The zero-order valence-corrected chi connectivity index (χ0v) is 17.5. The zero-order chi connectivity index (χ0) is 20.6. The van der Waals surface area contributed by atoms with Crippen molar-refractivity contribution in [2.75, 3.05) is 11.9 Å². The summed E-state index contributed by atoms with van der Waals surface area (Å²) >= 11 is 3.54. The van der Waals surface area contributed by atoms with Crippen molar-refractivity contribution in [2.45, 2.75) is 20.1 Å². The summed E-state index contributed by atoms with van der Waals surface area (Å²) < 4.78 is 26.2. The number of nitrogens with zero attached hydrogens (tertiary/aromatic N) is 1. The quantitative estimate of drug-likeness (QED) is 0.449. The molecule has 3 rings (SSSR count). The first-order valence-corrected chi connectivity index (χ1v) is 9.95. The number of nitrogens with one attached hydrogen (secondary N) is 1. The van der Waals surface area contributed by atoms with Gasteiger partial charge in [-0.1, -0.05) is 18.2 Å². The highest BCUT2D eigenvalue weighted by molar-refractivity contribution is 9.10. The van der Waals surface area contributed by atoms with Crippen LogP contribution in [0, 0.1) is 17.1 Å². The minimum atomic E-state index is -0.301. The van der Waals surface area contributed by atoms with Gasteiger partial charge in [0, 0.05) is 17.8 Å². The fourth-order valence-electron chi connectivity index (χ4n) is 2.76. The first-order valence-electron chi connectivity index (χ1n) is 9.16. The molecule has 0 saturated carbocycles. The van der Waals surface area contributed by atoms with E-state index in [-0.39, 0.29) is 12.4 Å². The molecule has 0 spiro atoms. The zero-order valence-electron chi connectivity index (χ0n) is 15.9. The summed E-state index contributed by atoms with van der Waals surface area (Å²) in [5.41, 5.74) is 3.00. The standard InChI is InChI=1S/C23H20BrFN2O2/c1-2-28-22-12-17(14-27-19-9-7-16(13-26)8-10-19)11-20(24)23(22)29-15-18-5-3-4-6-21(18)25/h3-12,27H,2,14-15H2,1H3. The van der Waals surface area contributed by atoms with Crippen LogP contribution in [0.2, 0.25) is 0 Å². The van der Waals surface area contributed by atoms with Gasteiger partial charge >= 0.3 is 0 Å². The Labute approximate surface area is 178 Å². The van der Waals surface area contributed by atoms with Crippen molar-refractivity contribution < 1.29 is 13.9 Å². The van der Waals surface area contributed by atoms with Crippen LogP contribution in [0.4, 0.5) is 10.1 Å². The molecule has 6 heteroatoms. The molecule has 0 saturated heterocycles. The summed E-state index contributed by atoms with van der Waals surface area (Å²) in [6.07, 6.45) is 0. The summed E-state index contributed by atoms with van der Waals surface area (Å²) in [7, 11) is 0. The largest absolute Gasteiger partial charge is 0.490 e. The number of hydrogen-bond acceptors (Lipinski definition) is 4. The van der Waals surface area contributed by atoms with Gasteiger partial charge in [0.15, 0.2) is 11.5 Å². The summed E-state index contributed by atoms with van der Waals surface area (Å²) in [5.74, 6) is 0.830. The van der Waals surface area contributed by atoms with Crippen molar-refractivity contribution >= 4 is 21.6 Å². The molecule has 0 bridgehead atoms. The predicted octanol–water partition coefficient (Wildman–Crippen LogP) is 6.05. The van der Waals surface area contributed by atoms with Gasteiger partial charge in [-0.15, -0.1) is 0 Å². The molecule has 4 nitrogen and oxygen atoms in total. The molecular formula is C23H20BrFN2O2. The topological polar surface area (TPSA) is 54.3 Å². The van der Waals surface area contributed by atoms with E-state index in [0.717, 1.165) is 15.7 Å². The first-order chi connectivity index (χ1) is 14.1. The molecule has 3 aromatic carbocycles. The van der Waals surface area contributed by atoms with E-state index in [1.54, 1.807) is 30.3 Å². The summed E-state index contributed by atoms with van der Waals surface area (Å²) in [6, 6.07) is 19.7. The molecule has 0 aliphatic heterocycles. The molecule has 0 atom stereocenters. The highest BCUT2D eigenvalue weighted by Gasteiger charge is 2.13. The van der Waals surface area contributed by atoms with Crippen LogP contribution in [0.25, 0.3) is 0 Å². The van der Waals surface area contributed by atoms with Crippen molar-refractivity contribution in [2.24, 2.45) is 0 Å². The predicted molar refractivity (Wildman–Crippen MR) is 115 cm³/mol. The maximum Gasteiger partial charge on any atom is 0.175 e. The fourth-order valence-corrected chi connectivity index (χ4v) is 3.36. The molecule has 0 amide bonds. The molecule has 3 aromatic rings. The molecule has 0 aliphatic rings. The van der Waals surface area contributed by atoms with Crippen molar-refractivity contribution in [1.29, 1.82) is 5.26 Å². The molecule has 29 heavy (non-hydrogen) atoms. The SMILES string of the molecule is CCOc1cc(CNc2ccc(C#N)cc2)cc(Br)c1OCc1ccccc1F. The normalized spacial score (nSPS) is 10.3. The van der Waals surface area contributed by atoms with E-state index in [0.29, 0.717) is 35.8 Å². The Kier molecular flexibility index (Phi) is 7.09. The lowest BCUT2D eigenvalue weighted by molar-refractivity contribution is 0.264. The number of nitriles is 1. The number of benzene rings is 3. The summed E-state index contributed by atoms with van der Waals surface area (Å²) in [4.78, 5) is 0. The minimum absolute atomic E-state index is 0.105.